The third kappa shape index (κ3) is 3.28. The first-order valence-electron chi connectivity index (χ1n) is 4.73. The second kappa shape index (κ2) is 4.28. The van der Waals surface area contributed by atoms with Crippen LogP contribution in [0.25, 0.3) is 0 Å². The van der Waals surface area contributed by atoms with E-state index >= 15 is 0 Å². The van der Waals surface area contributed by atoms with Crippen molar-refractivity contribution in [1.82, 2.24) is 4.98 Å². The zero-order valence-corrected chi connectivity index (χ0v) is 9.97. The van der Waals surface area contributed by atoms with E-state index in [9.17, 15) is 4.79 Å². The summed E-state index contributed by atoms with van der Waals surface area (Å²) in [5.74, 6) is -1.08. The van der Waals surface area contributed by atoms with Gasteiger partial charge in [-0.05, 0) is 20.8 Å². The van der Waals surface area contributed by atoms with E-state index in [4.69, 9.17) is 10.8 Å². The van der Waals surface area contributed by atoms with E-state index in [0.717, 1.165) is 10.7 Å². The van der Waals surface area contributed by atoms with Crippen molar-refractivity contribution in [2.45, 2.75) is 38.6 Å². The van der Waals surface area contributed by atoms with Gasteiger partial charge in [0, 0.05) is 16.8 Å². The van der Waals surface area contributed by atoms with Crippen LogP contribution >= 0.6 is 11.3 Å². The number of aliphatic carboxylic acids is 1. The molecule has 84 valence electrons. The van der Waals surface area contributed by atoms with Gasteiger partial charge in [-0.2, -0.15) is 0 Å². The number of nitrogens with two attached hydrogens (primary N) is 1. The van der Waals surface area contributed by atoms with Crippen LogP contribution in [0.4, 0.5) is 0 Å². The van der Waals surface area contributed by atoms with Crippen LogP contribution in [0, 0.1) is 6.92 Å². The molecule has 3 N–H and O–H groups in total. The maximum absolute atomic E-state index is 10.8. The molecule has 0 bridgehead atoms. The van der Waals surface area contributed by atoms with Crippen molar-refractivity contribution in [1.29, 1.82) is 0 Å². The Morgan fingerprint density at radius 1 is 1.73 bits per heavy atom. The molecule has 0 aliphatic carbocycles. The summed E-state index contributed by atoms with van der Waals surface area (Å²) in [4.78, 5) is 15.1. The molecule has 1 atom stereocenters. The lowest BCUT2D eigenvalue weighted by Gasteiger charge is -2.27. The van der Waals surface area contributed by atoms with E-state index in [1.807, 2.05) is 26.2 Å². The fourth-order valence-electron chi connectivity index (χ4n) is 1.46. The fourth-order valence-corrected chi connectivity index (χ4v) is 2.13. The Labute approximate surface area is 93.1 Å². The number of aryl methyl sites for hydroxylation is 1. The predicted octanol–water partition coefficient (Wildman–Crippen LogP) is 1.75. The van der Waals surface area contributed by atoms with Gasteiger partial charge in [0.05, 0.1) is 17.1 Å². The number of thiazole rings is 1. The molecule has 0 aromatic carbocycles. The summed E-state index contributed by atoms with van der Waals surface area (Å²) in [5, 5.41) is 11.7. The van der Waals surface area contributed by atoms with Crippen LogP contribution in [0.15, 0.2) is 5.38 Å². The quantitative estimate of drug-likeness (QED) is 0.823. The largest absolute Gasteiger partial charge is 0.481 e. The lowest BCUT2D eigenvalue weighted by molar-refractivity contribution is -0.137. The van der Waals surface area contributed by atoms with Crippen LogP contribution in [0.3, 0.4) is 0 Å². The summed E-state index contributed by atoms with van der Waals surface area (Å²) < 4.78 is 0. The average molecular weight is 228 g/mol. The number of carbonyl (C=O) groups is 1. The molecule has 1 rings (SSSR count). The summed E-state index contributed by atoms with van der Waals surface area (Å²) in [5.41, 5.74) is 6.18. The van der Waals surface area contributed by atoms with Crippen LogP contribution in [0.1, 0.15) is 36.9 Å². The molecule has 1 aromatic heterocycles. The van der Waals surface area contributed by atoms with Gasteiger partial charge in [0.2, 0.25) is 0 Å². The minimum absolute atomic E-state index is 0.0205. The maximum Gasteiger partial charge on any atom is 0.304 e. The van der Waals surface area contributed by atoms with Crippen LogP contribution in [0.2, 0.25) is 0 Å². The smallest absolute Gasteiger partial charge is 0.304 e. The Morgan fingerprint density at radius 3 is 2.67 bits per heavy atom. The van der Waals surface area contributed by atoms with Gasteiger partial charge in [-0.15, -0.1) is 11.3 Å². The van der Waals surface area contributed by atoms with Gasteiger partial charge in [-0.3, -0.25) is 4.79 Å². The van der Waals surface area contributed by atoms with Gasteiger partial charge in [0.25, 0.3) is 0 Å². The maximum atomic E-state index is 10.8. The highest BCUT2D eigenvalue weighted by molar-refractivity contribution is 7.09. The molecule has 5 heteroatoms. The molecule has 1 aromatic rings. The molecule has 0 aliphatic rings. The number of hydrogen-bond donors (Lipinski definition) is 2. The Hall–Kier alpha value is -0.940. The molecule has 1 unspecified atom stereocenters. The molecule has 0 spiro atoms. The summed E-state index contributed by atoms with van der Waals surface area (Å²) in [6, 6.07) is 0. The zero-order valence-electron chi connectivity index (χ0n) is 9.15. The van der Waals surface area contributed by atoms with Crippen molar-refractivity contribution < 1.29 is 9.90 Å². The zero-order chi connectivity index (χ0) is 11.6. The molecule has 0 radical (unpaired) electrons. The first-order chi connectivity index (χ1) is 6.80. The highest BCUT2D eigenvalue weighted by atomic mass is 32.1. The van der Waals surface area contributed by atoms with Crippen molar-refractivity contribution in [3.63, 3.8) is 0 Å². The summed E-state index contributed by atoms with van der Waals surface area (Å²) in [7, 11) is 0. The van der Waals surface area contributed by atoms with Gasteiger partial charge in [-0.25, -0.2) is 4.98 Å². The number of rotatable bonds is 4. The van der Waals surface area contributed by atoms with Crippen molar-refractivity contribution in [2.24, 2.45) is 5.73 Å². The third-order valence-corrected chi connectivity index (χ3v) is 3.06. The molecular formula is C10H16N2O2S. The highest BCUT2D eigenvalue weighted by Gasteiger charge is 2.30. The Kier molecular flexibility index (Phi) is 3.46. The number of nitrogens with zero attached hydrogens (tertiary/aromatic N) is 1. The van der Waals surface area contributed by atoms with Gasteiger partial charge in [-0.1, -0.05) is 0 Å². The van der Waals surface area contributed by atoms with Crippen LogP contribution < -0.4 is 5.73 Å². The van der Waals surface area contributed by atoms with Crippen LogP contribution in [0.5, 0.6) is 0 Å². The summed E-state index contributed by atoms with van der Waals surface area (Å²) in [6.07, 6.45) is 0.0205. The fraction of sp³-hybridized carbons (Fsp3) is 0.600. The number of carboxylic acid groups (broad SMARTS) is 1. The number of carboxylic acids is 1. The lowest BCUT2D eigenvalue weighted by Crippen LogP contribution is -2.40. The summed E-state index contributed by atoms with van der Waals surface area (Å²) in [6.45, 7) is 5.56. The van der Waals surface area contributed by atoms with E-state index in [1.54, 1.807) is 0 Å². The first-order valence-corrected chi connectivity index (χ1v) is 5.61. The monoisotopic (exact) mass is 228 g/mol. The predicted molar refractivity (Wildman–Crippen MR) is 60.1 cm³/mol. The molecule has 0 saturated heterocycles. The van der Waals surface area contributed by atoms with E-state index in [0.29, 0.717) is 0 Å². The standard InChI is InChI=1S/C10H16N2O2S/c1-6-12-8(5-15-6)7(4-9(13)14)10(2,3)11/h5,7H,4,11H2,1-3H3,(H,13,14). The number of aromatic nitrogens is 1. The van der Waals surface area contributed by atoms with Crippen molar-refractivity contribution in [2.75, 3.05) is 0 Å². The first kappa shape index (κ1) is 12.1. The average Bonchev–Trinajstić information content (AvgIpc) is 2.45. The molecule has 0 aliphatic heterocycles. The SMILES string of the molecule is Cc1nc(C(CC(=O)O)C(C)(C)N)cs1. The van der Waals surface area contributed by atoms with Gasteiger partial charge < -0.3 is 10.8 Å². The molecule has 1 heterocycles. The minimum Gasteiger partial charge on any atom is -0.481 e. The molecule has 0 amide bonds. The third-order valence-electron chi connectivity index (χ3n) is 2.27. The highest BCUT2D eigenvalue weighted by Crippen LogP contribution is 2.30. The van der Waals surface area contributed by atoms with Crippen LogP contribution in [-0.2, 0) is 4.79 Å². The minimum atomic E-state index is -0.843. The normalized spacial score (nSPS) is 13.9. The van der Waals surface area contributed by atoms with E-state index in [-0.39, 0.29) is 12.3 Å². The molecule has 0 fully saturated rings. The second-order valence-corrected chi connectivity index (χ2v) is 5.33. The molecule has 15 heavy (non-hydrogen) atoms. The Balaban J connectivity index is 2.96. The van der Waals surface area contributed by atoms with Gasteiger partial charge >= 0.3 is 5.97 Å². The lowest BCUT2D eigenvalue weighted by atomic mass is 9.84. The Bertz CT molecular complexity index is 355. The topological polar surface area (TPSA) is 76.2 Å². The Morgan fingerprint density at radius 2 is 2.33 bits per heavy atom. The van der Waals surface area contributed by atoms with E-state index in [1.165, 1.54) is 11.3 Å². The van der Waals surface area contributed by atoms with Gasteiger partial charge in [0.15, 0.2) is 0 Å². The van der Waals surface area contributed by atoms with E-state index < -0.39 is 11.5 Å². The molecular weight excluding hydrogens is 212 g/mol. The van der Waals surface area contributed by atoms with Crippen molar-refractivity contribution in [3.05, 3.63) is 16.1 Å². The van der Waals surface area contributed by atoms with E-state index in [2.05, 4.69) is 4.98 Å². The van der Waals surface area contributed by atoms with Crippen molar-refractivity contribution in [3.8, 4) is 0 Å². The molecule has 4 nitrogen and oxygen atoms in total. The summed E-state index contributed by atoms with van der Waals surface area (Å²) >= 11 is 1.52. The van der Waals surface area contributed by atoms with Crippen LogP contribution in [-0.4, -0.2) is 21.6 Å². The van der Waals surface area contributed by atoms with Crippen molar-refractivity contribution >= 4 is 17.3 Å². The number of hydrogen-bond acceptors (Lipinski definition) is 4. The second-order valence-electron chi connectivity index (χ2n) is 4.26. The molecule has 0 saturated carbocycles. The van der Waals surface area contributed by atoms with Gasteiger partial charge in [0.1, 0.15) is 0 Å².